The molecule has 0 saturated carbocycles. The lowest BCUT2D eigenvalue weighted by Gasteiger charge is -2.18. The van der Waals surface area contributed by atoms with Gasteiger partial charge in [-0.15, -0.1) is 0 Å². The number of nitrogens with one attached hydrogen (secondary N) is 1. The molecule has 3 N–H and O–H groups in total. The van der Waals surface area contributed by atoms with E-state index in [4.69, 9.17) is 24.3 Å². The molecule has 0 bridgehead atoms. The van der Waals surface area contributed by atoms with Crippen LogP contribution >= 0.6 is 0 Å². The number of hydrogen-bond donors (Lipinski definition) is 3. The fraction of sp³-hybridized carbons (Fsp3) is 0.500. The summed E-state index contributed by atoms with van der Waals surface area (Å²) in [6, 6.07) is 14.0. The van der Waals surface area contributed by atoms with E-state index in [2.05, 4.69) is 16.8 Å². The lowest BCUT2D eigenvalue weighted by Crippen LogP contribution is -2.16. The largest absolute Gasteiger partial charge is 0.490 e. The van der Waals surface area contributed by atoms with E-state index in [0.29, 0.717) is 31.9 Å². The molecular weight excluding hydrogens is 434 g/mol. The Labute approximate surface area is 200 Å². The van der Waals surface area contributed by atoms with Crippen LogP contribution in [0.2, 0.25) is 0 Å². The van der Waals surface area contributed by atoms with Crippen molar-refractivity contribution in [2.24, 2.45) is 0 Å². The van der Waals surface area contributed by atoms with E-state index in [-0.39, 0.29) is 25.5 Å². The van der Waals surface area contributed by atoms with E-state index >= 15 is 0 Å². The molecule has 34 heavy (non-hydrogen) atoms. The maximum absolute atomic E-state index is 9.51. The molecule has 1 fully saturated rings. The summed E-state index contributed by atoms with van der Waals surface area (Å²) in [6.07, 6.45) is 3.76. The normalized spacial score (nSPS) is 17.9. The van der Waals surface area contributed by atoms with Gasteiger partial charge in [-0.05, 0) is 61.9 Å². The minimum atomic E-state index is -0.165. The fourth-order valence-corrected chi connectivity index (χ4v) is 4.16. The van der Waals surface area contributed by atoms with Gasteiger partial charge in [-0.3, -0.25) is 4.57 Å². The molecule has 4 rings (SSSR count). The van der Waals surface area contributed by atoms with E-state index in [1.54, 1.807) is 0 Å². The summed E-state index contributed by atoms with van der Waals surface area (Å²) in [5.74, 6) is 2.18. The summed E-state index contributed by atoms with van der Waals surface area (Å²) in [4.78, 5) is 4.80. The molecule has 8 nitrogen and oxygen atoms in total. The quantitative estimate of drug-likeness (QED) is 0.322. The van der Waals surface area contributed by atoms with Gasteiger partial charge in [0, 0.05) is 13.2 Å². The van der Waals surface area contributed by atoms with Crippen LogP contribution in [0.3, 0.4) is 0 Å². The van der Waals surface area contributed by atoms with Gasteiger partial charge in [0.1, 0.15) is 6.23 Å². The SMILES string of the molecule is CCCOc1ccc(CNc2nc3ccccc3n2[C@H]2CC[C@@H](CO)O2)cc1OCCCCO. The highest BCUT2D eigenvalue weighted by atomic mass is 16.5. The number of anilines is 1. The number of nitrogens with zero attached hydrogens (tertiary/aromatic N) is 2. The Morgan fingerprint density at radius 2 is 1.91 bits per heavy atom. The number of aliphatic hydroxyl groups is 2. The Kier molecular flexibility index (Phi) is 8.62. The molecule has 0 unspecified atom stereocenters. The summed E-state index contributed by atoms with van der Waals surface area (Å²) in [5.41, 5.74) is 2.95. The number of ether oxygens (including phenoxy) is 3. The third-order valence-electron chi connectivity index (χ3n) is 5.90. The zero-order valence-electron chi connectivity index (χ0n) is 19.8. The van der Waals surface area contributed by atoms with Crippen molar-refractivity contribution in [2.75, 3.05) is 31.7 Å². The first-order valence-electron chi connectivity index (χ1n) is 12.2. The van der Waals surface area contributed by atoms with Gasteiger partial charge >= 0.3 is 0 Å². The summed E-state index contributed by atoms with van der Waals surface area (Å²) in [6.45, 7) is 3.98. The fourth-order valence-electron chi connectivity index (χ4n) is 4.16. The van der Waals surface area contributed by atoms with Gasteiger partial charge in [-0.1, -0.05) is 25.1 Å². The van der Waals surface area contributed by atoms with Crippen LogP contribution in [-0.4, -0.2) is 52.3 Å². The van der Waals surface area contributed by atoms with Gasteiger partial charge in [0.2, 0.25) is 5.95 Å². The standard InChI is InChI=1S/C26H35N3O5/c1-2-14-32-23-11-9-19(16-24(23)33-15-6-5-13-30)17-27-26-28-21-7-3-4-8-22(21)29(26)25-12-10-20(18-31)34-25/h3-4,7-9,11,16,20,25,30-31H,2,5-6,10,12-15,17-18H2,1H3,(H,27,28)/t20-,25+/m0/s1. The summed E-state index contributed by atoms with van der Waals surface area (Å²) >= 11 is 0. The van der Waals surface area contributed by atoms with Crippen molar-refractivity contribution in [3.05, 3.63) is 48.0 Å². The molecule has 1 aromatic heterocycles. The average Bonchev–Trinajstić information content (AvgIpc) is 3.48. The molecule has 0 aliphatic carbocycles. The minimum Gasteiger partial charge on any atom is -0.490 e. The second-order valence-corrected chi connectivity index (χ2v) is 8.53. The number of unbranched alkanes of at least 4 members (excludes halogenated alkanes) is 1. The third-order valence-corrected chi connectivity index (χ3v) is 5.90. The second-order valence-electron chi connectivity index (χ2n) is 8.53. The van der Waals surface area contributed by atoms with E-state index in [9.17, 15) is 5.11 Å². The smallest absolute Gasteiger partial charge is 0.206 e. The van der Waals surface area contributed by atoms with E-state index in [1.165, 1.54) is 0 Å². The number of aliphatic hydroxyl groups excluding tert-OH is 2. The van der Waals surface area contributed by atoms with Gasteiger partial charge in [-0.2, -0.15) is 0 Å². The van der Waals surface area contributed by atoms with Crippen molar-refractivity contribution in [3.63, 3.8) is 0 Å². The topological polar surface area (TPSA) is 98.0 Å². The number of rotatable bonds is 13. The maximum Gasteiger partial charge on any atom is 0.206 e. The van der Waals surface area contributed by atoms with E-state index < -0.39 is 0 Å². The van der Waals surface area contributed by atoms with Crippen molar-refractivity contribution >= 4 is 17.0 Å². The molecular formula is C26H35N3O5. The van der Waals surface area contributed by atoms with E-state index in [1.807, 2.05) is 42.5 Å². The highest BCUT2D eigenvalue weighted by molar-refractivity contribution is 5.78. The second kappa shape index (κ2) is 12.1. The van der Waals surface area contributed by atoms with Crippen LogP contribution in [0.4, 0.5) is 5.95 Å². The van der Waals surface area contributed by atoms with Crippen LogP contribution in [0.25, 0.3) is 11.0 Å². The average molecular weight is 470 g/mol. The Morgan fingerprint density at radius 1 is 1.06 bits per heavy atom. The Hall–Kier alpha value is -2.81. The predicted molar refractivity (Wildman–Crippen MR) is 131 cm³/mol. The maximum atomic E-state index is 9.51. The van der Waals surface area contributed by atoms with Crippen LogP contribution in [0.5, 0.6) is 11.5 Å². The lowest BCUT2D eigenvalue weighted by molar-refractivity contribution is -0.0195. The van der Waals surface area contributed by atoms with E-state index in [0.717, 1.165) is 54.0 Å². The zero-order chi connectivity index (χ0) is 23.8. The van der Waals surface area contributed by atoms with Gasteiger partial charge in [-0.25, -0.2) is 4.98 Å². The van der Waals surface area contributed by atoms with Crippen LogP contribution in [-0.2, 0) is 11.3 Å². The number of fused-ring (bicyclic) bond motifs is 1. The highest BCUT2D eigenvalue weighted by Gasteiger charge is 2.29. The molecule has 184 valence electrons. The van der Waals surface area contributed by atoms with Gasteiger partial charge < -0.3 is 29.7 Å². The molecule has 3 aromatic rings. The monoisotopic (exact) mass is 469 g/mol. The summed E-state index contributed by atoms with van der Waals surface area (Å²) in [5, 5.41) is 22.0. The molecule has 8 heteroatoms. The molecule has 1 aliphatic heterocycles. The van der Waals surface area contributed by atoms with Crippen molar-refractivity contribution in [1.29, 1.82) is 0 Å². The number of benzene rings is 2. The van der Waals surface area contributed by atoms with Crippen LogP contribution in [0.15, 0.2) is 42.5 Å². The Morgan fingerprint density at radius 3 is 2.71 bits per heavy atom. The molecule has 2 aromatic carbocycles. The van der Waals surface area contributed by atoms with Crippen LogP contribution in [0.1, 0.15) is 50.8 Å². The van der Waals surface area contributed by atoms with Gasteiger partial charge in [0.15, 0.2) is 11.5 Å². The lowest BCUT2D eigenvalue weighted by atomic mass is 10.2. The summed E-state index contributed by atoms with van der Waals surface area (Å²) < 4.78 is 20.0. The minimum absolute atomic E-state index is 0.0272. The molecule has 2 atom stereocenters. The van der Waals surface area contributed by atoms with Crippen molar-refractivity contribution in [1.82, 2.24) is 9.55 Å². The third kappa shape index (κ3) is 5.81. The Bertz CT molecular complexity index is 1050. The number of hydrogen-bond acceptors (Lipinski definition) is 7. The van der Waals surface area contributed by atoms with Crippen LogP contribution < -0.4 is 14.8 Å². The van der Waals surface area contributed by atoms with Crippen molar-refractivity contribution in [2.45, 2.75) is 57.9 Å². The molecule has 1 saturated heterocycles. The number of aromatic nitrogens is 2. The summed E-state index contributed by atoms with van der Waals surface area (Å²) in [7, 11) is 0. The van der Waals surface area contributed by atoms with Crippen molar-refractivity contribution < 1.29 is 24.4 Å². The molecule has 0 amide bonds. The predicted octanol–water partition coefficient (Wildman–Crippen LogP) is 4.26. The van der Waals surface area contributed by atoms with Gasteiger partial charge in [0.25, 0.3) is 0 Å². The van der Waals surface area contributed by atoms with Gasteiger partial charge in [0.05, 0.1) is 37.0 Å². The molecule has 0 radical (unpaired) electrons. The first-order chi connectivity index (χ1) is 16.7. The molecule has 0 spiro atoms. The molecule has 2 heterocycles. The van der Waals surface area contributed by atoms with Crippen molar-refractivity contribution in [3.8, 4) is 11.5 Å². The first-order valence-corrected chi connectivity index (χ1v) is 12.2. The Balaban J connectivity index is 1.52. The number of para-hydroxylation sites is 2. The molecule has 1 aliphatic rings. The number of imidazole rings is 1. The van der Waals surface area contributed by atoms with Crippen LogP contribution in [0, 0.1) is 0 Å². The highest BCUT2D eigenvalue weighted by Crippen LogP contribution is 2.35. The zero-order valence-corrected chi connectivity index (χ0v) is 19.8. The first kappa shape index (κ1) is 24.3.